The number of carbonyl (C=O) groups excluding carboxylic acids is 1. The zero-order valence-corrected chi connectivity index (χ0v) is 17.5. The Balaban J connectivity index is 1.40. The van der Waals surface area contributed by atoms with Gasteiger partial charge in [-0.05, 0) is 35.9 Å². The Kier molecular flexibility index (Phi) is 5.02. The van der Waals surface area contributed by atoms with Crippen LogP contribution in [-0.4, -0.2) is 12.6 Å². The molecule has 30 heavy (non-hydrogen) atoms. The van der Waals surface area contributed by atoms with E-state index in [1.165, 1.54) is 0 Å². The van der Waals surface area contributed by atoms with E-state index in [1.54, 1.807) is 24.3 Å². The molecular formula is C24H17BrO5. The van der Waals surface area contributed by atoms with Gasteiger partial charge in [0.25, 0.3) is 0 Å². The normalized spacial score (nSPS) is 15.9. The molecule has 0 aliphatic carbocycles. The van der Waals surface area contributed by atoms with Crippen molar-refractivity contribution in [1.82, 2.24) is 0 Å². The van der Waals surface area contributed by atoms with Crippen LogP contribution in [0.2, 0.25) is 0 Å². The summed E-state index contributed by atoms with van der Waals surface area (Å²) in [5.74, 6) is 1.93. The fraction of sp³-hybridized carbons (Fsp3) is 0.125. The Bertz CT molecular complexity index is 1150. The van der Waals surface area contributed by atoms with E-state index in [2.05, 4.69) is 15.9 Å². The second-order valence-electron chi connectivity index (χ2n) is 6.97. The summed E-state index contributed by atoms with van der Waals surface area (Å²) in [6, 6.07) is 19.0. The van der Waals surface area contributed by atoms with E-state index < -0.39 is 0 Å². The number of allylic oxidation sites excluding steroid dienone is 1. The molecule has 5 rings (SSSR count). The Morgan fingerprint density at radius 1 is 1.07 bits per heavy atom. The van der Waals surface area contributed by atoms with Gasteiger partial charge in [0.2, 0.25) is 5.78 Å². The van der Waals surface area contributed by atoms with Gasteiger partial charge in [-0.25, -0.2) is 0 Å². The third kappa shape index (κ3) is 3.72. The Hall–Kier alpha value is -3.09. The largest absolute Gasteiger partial charge is 0.489 e. The average Bonchev–Trinajstić information content (AvgIpc) is 3.07. The van der Waals surface area contributed by atoms with E-state index in [9.17, 15) is 4.79 Å². The number of ether oxygens (including phenoxy) is 4. The zero-order valence-electron chi connectivity index (χ0n) is 15.9. The number of rotatable bonds is 4. The molecule has 150 valence electrons. The van der Waals surface area contributed by atoms with Crippen LogP contribution in [0.3, 0.4) is 0 Å². The summed E-state index contributed by atoms with van der Waals surface area (Å²) in [6.07, 6.45) is 1.71. The third-order valence-corrected chi connectivity index (χ3v) is 5.34. The monoisotopic (exact) mass is 464 g/mol. The number of carbonyl (C=O) groups is 1. The van der Waals surface area contributed by atoms with Crippen molar-refractivity contribution in [3.8, 4) is 17.2 Å². The van der Waals surface area contributed by atoms with Gasteiger partial charge in [0.15, 0.2) is 12.6 Å². The Morgan fingerprint density at radius 3 is 2.80 bits per heavy atom. The van der Waals surface area contributed by atoms with Crippen LogP contribution in [0.15, 0.2) is 70.9 Å². The number of hydrogen-bond donors (Lipinski definition) is 0. The van der Waals surface area contributed by atoms with Crippen LogP contribution < -0.4 is 14.2 Å². The van der Waals surface area contributed by atoms with E-state index in [-0.39, 0.29) is 18.3 Å². The van der Waals surface area contributed by atoms with Gasteiger partial charge in [-0.15, -0.1) is 0 Å². The first-order valence-corrected chi connectivity index (χ1v) is 10.2. The molecule has 0 N–H and O–H groups in total. The minimum Gasteiger partial charge on any atom is -0.489 e. The molecule has 0 unspecified atom stereocenters. The highest BCUT2D eigenvalue weighted by molar-refractivity contribution is 9.10. The standard InChI is InChI=1S/C24H17BrO5/c25-18-8-16(24-17(9-18)13-27-14-29-24)10-22-23(26)20-7-6-19(11-21(20)30-22)28-12-15-4-2-1-3-5-15/h1-11H,12-14H2/b22-10-. The average molecular weight is 465 g/mol. The predicted molar refractivity (Wildman–Crippen MR) is 115 cm³/mol. The van der Waals surface area contributed by atoms with Crippen molar-refractivity contribution >= 4 is 27.8 Å². The molecule has 0 bridgehead atoms. The lowest BCUT2D eigenvalue weighted by atomic mass is 10.1. The molecule has 0 aromatic heterocycles. The summed E-state index contributed by atoms with van der Waals surface area (Å²) in [7, 11) is 0. The van der Waals surface area contributed by atoms with Gasteiger partial charge >= 0.3 is 0 Å². The molecule has 3 aromatic rings. The van der Waals surface area contributed by atoms with Crippen molar-refractivity contribution in [3.05, 3.63) is 93.1 Å². The second kappa shape index (κ2) is 7.97. The molecule has 0 amide bonds. The third-order valence-electron chi connectivity index (χ3n) is 4.88. The van der Waals surface area contributed by atoms with Crippen molar-refractivity contribution in [3.63, 3.8) is 0 Å². The summed E-state index contributed by atoms with van der Waals surface area (Å²) in [5, 5.41) is 0. The minimum atomic E-state index is -0.166. The highest BCUT2D eigenvalue weighted by Gasteiger charge is 2.28. The molecule has 6 heteroatoms. The Morgan fingerprint density at radius 2 is 1.93 bits per heavy atom. The fourth-order valence-corrected chi connectivity index (χ4v) is 3.98. The summed E-state index contributed by atoms with van der Waals surface area (Å²) in [6.45, 7) is 1.09. The number of halogens is 1. The van der Waals surface area contributed by atoms with Crippen molar-refractivity contribution < 1.29 is 23.7 Å². The van der Waals surface area contributed by atoms with Crippen molar-refractivity contribution in [2.24, 2.45) is 0 Å². The molecule has 2 aliphatic rings. The van der Waals surface area contributed by atoms with Gasteiger partial charge in [-0.3, -0.25) is 4.79 Å². The molecular weight excluding hydrogens is 448 g/mol. The molecule has 0 radical (unpaired) electrons. The fourth-order valence-electron chi connectivity index (χ4n) is 3.45. The van der Waals surface area contributed by atoms with Crippen LogP contribution >= 0.6 is 15.9 Å². The number of Topliss-reactive ketones (excluding diaryl/α,β-unsaturated/α-hetero) is 1. The van der Waals surface area contributed by atoms with Crippen LogP contribution in [-0.2, 0) is 18.0 Å². The molecule has 0 fully saturated rings. The summed E-state index contributed by atoms with van der Waals surface area (Å²) in [5.41, 5.74) is 3.27. The quantitative estimate of drug-likeness (QED) is 0.476. The van der Waals surface area contributed by atoms with E-state index >= 15 is 0 Å². The molecule has 3 aromatic carbocycles. The van der Waals surface area contributed by atoms with Gasteiger partial charge in [-0.2, -0.15) is 0 Å². The summed E-state index contributed by atoms with van der Waals surface area (Å²) in [4.78, 5) is 12.8. The SMILES string of the molecule is O=C1/C(=C/c2cc(Br)cc3c2OCOC3)Oc2cc(OCc3ccccc3)ccc21. The van der Waals surface area contributed by atoms with Gasteiger partial charge < -0.3 is 18.9 Å². The van der Waals surface area contributed by atoms with Crippen LogP contribution in [0.5, 0.6) is 17.2 Å². The first kappa shape index (κ1) is 18.9. The Labute approximate surface area is 182 Å². The number of fused-ring (bicyclic) bond motifs is 2. The highest BCUT2D eigenvalue weighted by atomic mass is 79.9. The van der Waals surface area contributed by atoms with Gasteiger partial charge in [0.05, 0.1) is 12.2 Å². The van der Waals surface area contributed by atoms with Crippen LogP contribution in [0, 0.1) is 0 Å². The van der Waals surface area contributed by atoms with Crippen LogP contribution in [0.25, 0.3) is 6.08 Å². The molecule has 2 heterocycles. The highest BCUT2D eigenvalue weighted by Crippen LogP contribution is 2.38. The van der Waals surface area contributed by atoms with Crippen molar-refractivity contribution in [1.29, 1.82) is 0 Å². The van der Waals surface area contributed by atoms with E-state index in [1.807, 2.05) is 42.5 Å². The molecule has 2 aliphatic heterocycles. The lowest BCUT2D eigenvalue weighted by Crippen LogP contribution is -2.12. The maximum atomic E-state index is 12.8. The van der Waals surface area contributed by atoms with E-state index in [4.69, 9.17) is 18.9 Å². The molecule has 0 saturated heterocycles. The predicted octanol–water partition coefficient (Wildman–Crippen LogP) is 5.51. The first-order chi connectivity index (χ1) is 14.7. The lowest BCUT2D eigenvalue weighted by Gasteiger charge is -2.20. The maximum absolute atomic E-state index is 12.8. The van der Waals surface area contributed by atoms with Crippen LogP contribution in [0.4, 0.5) is 0 Å². The molecule has 0 spiro atoms. The van der Waals surface area contributed by atoms with Crippen molar-refractivity contribution in [2.45, 2.75) is 13.2 Å². The number of hydrogen-bond acceptors (Lipinski definition) is 5. The topological polar surface area (TPSA) is 54.0 Å². The number of benzene rings is 3. The first-order valence-electron chi connectivity index (χ1n) is 9.45. The smallest absolute Gasteiger partial charge is 0.231 e. The maximum Gasteiger partial charge on any atom is 0.231 e. The van der Waals surface area contributed by atoms with Crippen molar-refractivity contribution in [2.75, 3.05) is 6.79 Å². The van der Waals surface area contributed by atoms with E-state index in [0.29, 0.717) is 36.0 Å². The number of ketones is 1. The minimum absolute atomic E-state index is 0.166. The lowest BCUT2D eigenvalue weighted by molar-refractivity contribution is -0.0165. The second-order valence-corrected chi connectivity index (χ2v) is 7.88. The molecule has 0 atom stereocenters. The van der Waals surface area contributed by atoms with Gasteiger partial charge in [0, 0.05) is 21.7 Å². The van der Waals surface area contributed by atoms with Crippen LogP contribution in [0.1, 0.15) is 27.0 Å². The van der Waals surface area contributed by atoms with E-state index in [0.717, 1.165) is 21.2 Å². The van der Waals surface area contributed by atoms with Gasteiger partial charge in [-0.1, -0.05) is 46.3 Å². The molecule has 5 nitrogen and oxygen atoms in total. The van der Waals surface area contributed by atoms with Gasteiger partial charge in [0.1, 0.15) is 23.9 Å². The zero-order chi connectivity index (χ0) is 20.5. The molecule has 0 saturated carbocycles. The summed E-state index contributed by atoms with van der Waals surface area (Å²) >= 11 is 3.50. The summed E-state index contributed by atoms with van der Waals surface area (Å²) < 4.78 is 23.6.